The molecule has 1 saturated heterocycles. The molecule has 0 radical (unpaired) electrons. The van der Waals surface area contributed by atoms with Crippen molar-refractivity contribution in [2.75, 3.05) is 23.3 Å². The fourth-order valence-electron chi connectivity index (χ4n) is 2.48. The van der Waals surface area contributed by atoms with Gasteiger partial charge in [0.25, 0.3) is 0 Å². The van der Waals surface area contributed by atoms with Gasteiger partial charge < -0.3 is 10.2 Å². The van der Waals surface area contributed by atoms with Crippen LogP contribution in [0.2, 0.25) is 0 Å². The molecule has 21 heavy (non-hydrogen) atoms. The van der Waals surface area contributed by atoms with E-state index >= 15 is 0 Å². The first-order valence-corrected chi connectivity index (χ1v) is 7.90. The minimum Gasteiger partial charge on any atom is -0.380 e. The van der Waals surface area contributed by atoms with Crippen molar-refractivity contribution in [2.24, 2.45) is 0 Å². The number of anilines is 2. The normalized spacial score (nSPS) is 14.5. The topological polar surface area (TPSA) is 28.2 Å². The van der Waals surface area contributed by atoms with Crippen molar-refractivity contribution in [1.29, 1.82) is 0 Å². The molecular weight excluding hydrogens is 333 g/mol. The van der Waals surface area contributed by atoms with E-state index in [9.17, 15) is 4.39 Å². The molecule has 0 spiro atoms. The molecule has 1 aromatic heterocycles. The predicted octanol–water partition coefficient (Wildman–Crippen LogP) is 4.20. The zero-order chi connectivity index (χ0) is 14.7. The van der Waals surface area contributed by atoms with Gasteiger partial charge in [-0.15, -0.1) is 0 Å². The van der Waals surface area contributed by atoms with Gasteiger partial charge in [0.2, 0.25) is 0 Å². The van der Waals surface area contributed by atoms with E-state index in [2.05, 4.69) is 31.1 Å². The van der Waals surface area contributed by atoms with Crippen molar-refractivity contribution in [3.8, 4) is 0 Å². The number of hydrogen-bond donors (Lipinski definition) is 1. The molecule has 0 bridgehead atoms. The summed E-state index contributed by atoms with van der Waals surface area (Å²) in [6.45, 7) is 2.77. The first kappa shape index (κ1) is 14.3. The van der Waals surface area contributed by atoms with Crippen LogP contribution in [-0.4, -0.2) is 18.1 Å². The van der Waals surface area contributed by atoms with E-state index in [0.717, 1.165) is 30.2 Å². The van der Waals surface area contributed by atoms with Crippen LogP contribution in [0.5, 0.6) is 0 Å². The Morgan fingerprint density at radius 1 is 1.19 bits per heavy atom. The van der Waals surface area contributed by atoms with Crippen LogP contribution in [0.25, 0.3) is 0 Å². The molecule has 0 amide bonds. The molecule has 110 valence electrons. The van der Waals surface area contributed by atoms with Gasteiger partial charge in [-0.05, 0) is 58.6 Å². The molecule has 3 nitrogen and oxygen atoms in total. The Hall–Kier alpha value is -1.62. The summed E-state index contributed by atoms with van der Waals surface area (Å²) in [5.74, 6) is 0.796. The lowest BCUT2D eigenvalue weighted by atomic mass is 10.2. The van der Waals surface area contributed by atoms with Crippen LogP contribution in [0, 0.1) is 5.82 Å². The van der Waals surface area contributed by atoms with Crippen LogP contribution in [0.1, 0.15) is 18.4 Å². The van der Waals surface area contributed by atoms with E-state index in [1.165, 1.54) is 18.9 Å². The Morgan fingerprint density at radius 3 is 2.67 bits per heavy atom. The zero-order valence-corrected chi connectivity index (χ0v) is 13.2. The molecule has 0 unspecified atom stereocenters. The Morgan fingerprint density at radius 2 is 2.00 bits per heavy atom. The summed E-state index contributed by atoms with van der Waals surface area (Å²) < 4.78 is 13.9. The third-order valence-corrected chi connectivity index (χ3v) is 4.30. The molecule has 1 aromatic carbocycles. The van der Waals surface area contributed by atoms with E-state index in [4.69, 9.17) is 0 Å². The summed E-state index contributed by atoms with van der Waals surface area (Å²) in [5, 5.41) is 3.26. The summed E-state index contributed by atoms with van der Waals surface area (Å²) in [6, 6.07) is 9.21. The van der Waals surface area contributed by atoms with E-state index in [0.29, 0.717) is 11.0 Å². The average Bonchev–Trinajstić information content (AvgIpc) is 3.03. The molecule has 2 heterocycles. The minimum absolute atomic E-state index is 0.239. The van der Waals surface area contributed by atoms with Gasteiger partial charge in [0.15, 0.2) is 0 Å². The van der Waals surface area contributed by atoms with Crippen LogP contribution in [0.15, 0.2) is 41.0 Å². The maximum absolute atomic E-state index is 13.4. The maximum Gasteiger partial charge on any atom is 0.137 e. The minimum atomic E-state index is -0.239. The largest absolute Gasteiger partial charge is 0.380 e. The van der Waals surface area contributed by atoms with Crippen molar-refractivity contribution in [3.05, 3.63) is 52.4 Å². The van der Waals surface area contributed by atoms with Crippen LogP contribution in [-0.2, 0) is 6.54 Å². The molecule has 1 aliphatic rings. The first-order chi connectivity index (χ1) is 10.2. The van der Waals surface area contributed by atoms with Crippen LogP contribution in [0.4, 0.5) is 15.9 Å². The Labute approximate surface area is 132 Å². The van der Waals surface area contributed by atoms with Crippen molar-refractivity contribution < 1.29 is 4.39 Å². The van der Waals surface area contributed by atoms with Gasteiger partial charge in [-0.3, -0.25) is 0 Å². The highest BCUT2D eigenvalue weighted by Crippen LogP contribution is 2.20. The maximum atomic E-state index is 13.4. The molecular formula is C16H17BrFN3. The number of benzene rings is 1. The molecule has 0 aliphatic carbocycles. The predicted molar refractivity (Wildman–Crippen MR) is 87.1 cm³/mol. The van der Waals surface area contributed by atoms with E-state index in [-0.39, 0.29) is 5.82 Å². The second-order valence-corrected chi connectivity index (χ2v) is 6.06. The van der Waals surface area contributed by atoms with Crippen LogP contribution < -0.4 is 10.2 Å². The molecule has 0 atom stereocenters. The molecule has 1 fully saturated rings. The lowest BCUT2D eigenvalue weighted by Gasteiger charge is -2.16. The second-order valence-electron chi connectivity index (χ2n) is 5.20. The van der Waals surface area contributed by atoms with Gasteiger partial charge >= 0.3 is 0 Å². The summed E-state index contributed by atoms with van der Waals surface area (Å²) in [5.41, 5.74) is 1.85. The molecule has 2 aromatic rings. The second kappa shape index (κ2) is 6.43. The highest BCUT2D eigenvalue weighted by molar-refractivity contribution is 9.10. The molecule has 1 N–H and O–H groups in total. The number of hydrogen-bond acceptors (Lipinski definition) is 3. The summed E-state index contributed by atoms with van der Waals surface area (Å²) >= 11 is 3.16. The van der Waals surface area contributed by atoms with Crippen molar-refractivity contribution >= 4 is 27.4 Å². The van der Waals surface area contributed by atoms with Crippen molar-refractivity contribution in [3.63, 3.8) is 0 Å². The van der Waals surface area contributed by atoms with Gasteiger partial charge in [0.05, 0.1) is 16.4 Å². The number of pyridine rings is 1. The van der Waals surface area contributed by atoms with E-state index in [1.54, 1.807) is 6.07 Å². The highest BCUT2D eigenvalue weighted by Gasteiger charge is 2.12. The van der Waals surface area contributed by atoms with Gasteiger partial charge in [-0.2, -0.15) is 0 Å². The van der Waals surface area contributed by atoms with Crippen molar-refractivity contribution in [1.82, 2.24) is 4.98 Å². The monoisotopic (exact) mass is 349 g/mol. The third-order valence-electron chi connectivity index (χ3n) is 3.66. The molecule has 3 rings (SSSR count). The summed E-state index contributed by atoms with van der Waals surface area (Å²) in [7, 11) is 0. The molecule has 1 aliphatic heterocycles. The number of nitrogens with one attached hydrogen (secondary N) is 1. The molecule has 0 saturated carbocycles. The quantitative estimate of drug-likeness (QED) is 0.896. The van der Waals surface area contributed by atoms with E-state index in [1.807, 2.05) is 24.4 Å². The van der Waals surface area contributed by atoms with Crippen LogP contribution >= 0.6 is 15.9 Å². The molecule has 5 heteroatoms. The zero-order valence-electron chi connectivity index (χ0n) is 11.6. The number of nitrogens with zero attached hydrogens (tertiary/aromatic N) is 2. The SMILES string of the molecule is Fc1cc(CNc2ccc(N3CCCC3)nc2)ccc1Br. The van der Waals surface area contributed by atoms with Gasteiger partial charge in [0, 0.05) is 19.6 Å². The number of halogens is 2. The van der Waals surface area contributed by atoms with E-state index < -0.39 is 0 Å². The fourth-order valence-corrected chi connectivity index (χ4v) is 2.72. The first-order valence-electron chi connectivity index (χ1n) is 7.11. The Bertz CT molecular complexity index is 609. The van der Waals surface area contributed by atoms with Gasteiger partial charge in [-0.25, -0.2) is 9.37 Å². The summed E-state index contributed by atoms with van der Waals surface area (Å²) in [4.78, 5) is 6.79. The smallest absolute Gasteiger partial charge is 0.137 e. The van der Waals surface area contributed by atoms with Crippen molar-refractivity contribution in [2.45, 2.75) is 19.4 Å². The highest BCUT2D eigenvalue weighted by atomic mass is 79.9. The number of aromatic nitrogens is 1. The number of rotatable bonds is 4. The summed E-state index contributed by atoms with van der Waals surface area (Å²) in [6.07, 6.45) is 4.33. The average molecular weight is 350 g/mol. The lowest BCUT2D eigenvalue weighted by Crippen LogP contribution is -2.18. The van der Waals surface area contributed by atoms with Gasteiger partial charge in [0.1, 0.15) is 11.6 Å². The van der Waals surface area contributed by atoms with Gasteiger partial charge in [-0.1, -0.05) is 6.07 Å². The Kier molecular flexibility index (Phi) is 4.39. The fraction of sp³-hybridized carbons (Fsp3) is 0.312. The standard InChI is InChI=1S/C16H17BrFN3/c17-14-5-3-12(9-15(14)18)10-19-13-4-6-16(20-11-13)21-7-1-2-8-21/h3-6,9,11,19H,1-2,7-8,10H2. The third kappa shape index (κ3) is 3.53. The lowest BCUT2D eigenvalue weighted by molar-refractivity contribution is 0.619. The Balaban J connectivity index is 1.61. The van der Waals surface area contributed by atoms with Crippen LogP contribution in [0.3, 0.4) is 0 Å².